The van der Waals surface area contributed by atoms with Gasteiger partial charge in [-0.15, -0.1) is 0 Å². The van der Waals surface area contributed by atoms with Crippen LogP contribution in [-0.4, -0.2) is 15.0 Å². The molecule has 0 aliphatic heterocycles. The molecule has 1 aromatic heterocycles. The minimum absolute atomic E-state index is 0.529. The van der Waals surface area contributed by atoms with E-state index >= 15 is 0 Å². The maximum atomic E-state index is 8.31. The van der Waals surface area contributed by atoms with Gasteiger partial charge >= 0.3 is 0 Å². The lowest BCUT2D eigenvalue weighted by Crippen LogP contribution is -2.25. The smallest absolute Gasteiger partial charge is 0.195 e. The van der Waals surface area contributed by atoms with Crippen molar-refractivity contribution in [3.8, 4) is 78.7 Å². The van der Waals surface area contributed by atoms with Crippen LogP contribution >= 0.6 is 0 Å². The Bertz CT molecular complexity index is 3040. The molecule has 0 N–H and O–H groups in total. The van der Waals surface area contributed by atoms with Gasteiger partial charge in [-0.1, -0.05) is 182 Å². The Morgan fingerprint density at radius 2 is 0.842 bits per heavy atom. The molecule has 4 nitrogen and oxygen atoms in total. The standard InChI is InChI=1S/C53H32N4/c1-54-48-29-15-28-47-49(48)43-33-37(30-31-46(43)53(47)44-26-12-10-23-40(44)41-24-11-13-27-45(41)53)39-22-8-9-25-42(39)52-56-50(35-18-6-3-7-19-35)55-51(57-52)38-21-14-20-36(32-38)34-16-4-2-5-17-34/h2-33H. The number of hydrogen-bond donors (Lipinski definition) is 0. The first-order chi connectivity index (χ1) is 28.2. The highest BCUT2D eigenvalue weighted by molar-refractivity contribution is 6.00. The molecule has 0 bridgehead atoms. The number of fused-ring (bicyclic) bond motifs is 10. The molecule has 264 valence electrons. The summed E-state index contributed by atoms with van der Waals surface area (Å²) in [6.45, 7) is 8.31. The average Bonchev–Trinajstić information content (AvgIpc) is 3.76. The summed E-state index contributed by atoms with van der Waals surface area (Å²) in [4.78, 5) is 19.5. The molecular formula is C53H32N4. The second kappa shape index (κ2) is 12.9. The summed E-state index contributed by atoms with van der Waals surface area (Å²) in [5, 5.41) is 0. The molecule has 1 heterocycles. The van der Waals surface area contributed by atoms with Crippen molar-refractivity contribution in [3.05, 3.63) is 228 Å². The topological polar surface area (TPSA) is 43.0 Å². The summed E-state index contributed by atoms with van der Waals surface area (Å²) in [5.74, 6) is 1.81. The van der Waals surface area contributed by atoms with E-state index in [0.29, 0.717) is 23.2 Å². The van der Waals surface area contributed by atoms with Crippen molar-refractivity contribution in [2.75, 3.05) is 0 Å². The van der Waals surface area contributed by atoms with Gasteiger partial charge in [-0.3, -0.25) is 0 Å². The molecule has 0 amide bonds. The van der Waals surface area contributed by atoms with Gasteiger partial charge in [0.15, 0.2) is 23.2 Å². The second-order valence-corrected chi connectivity index (χ2v) is 14.6. The summed E-state index contributed by atoms with van der Waals surface area (Å²) in [6.07, 6.45) is 0. The number of aromatic nitrogens is 3. The predicted molar refractivity (Wildman–Crippen MR) is 230 cm³/mol. The number of nitrogens with zero attached hydrogens (tertiary/aromatic N) is 4. The van der Waals surface area contributed by atoms with E-state index in [0.717, 1.165) is 55.6 Å². The first-order valence-electron chi connectivity index (χ1n) is 19.1. The van der Waals surface area contributed by atoms with Crippen molar-refractivity contribution in [3.63, 3.8) is 0 Å². The highest BCUT2D eigenvalue weighted by atomic mass is 15.0. The number of hydrogen-bond acceptors (Lipinski definition) is 3. The van der Waals surface area contributed by atoms with E-state index < -0.39 is 5.41 Å². The van der Waals surface area contributed by atoms with Crippen LogP contribution in [0.4, 0.5) is 5.69 Å². The lowest BCUT2D eigenvalue weighted by molar-refractivity contribution is 0.794. The molecule has 0 fully saturated rings. The van der Waals surface area contributed by atoms with Gasteiger partial charge in [0, 0.05) is 16.7 Å². The zero-order valence-corrected chi connectivity index (χ0v) is 30.8. The summed E-state index contributed by atoms with van der Waals surface area (Å²) in [5.41, 5.74) is 16.5. The molecule has 0 saturated heterocycles. The van der Waals surface area contributed by atoms with Crippen molar-refractivity contribution in [2.24, 2.45) is 0 Å². The van der Waals surface area contributed by atoms with E-state index in [1.807, 2.05) is 54.6 Å². The third kappa shape index (κ3) is 4.96. The Balaban J connectivity index is 1.11. The van der Waals surface area contributed by atoms with E-state index in [-0.39, 0.29) is 0 Å². The van der Waals surface area contributed by atoms with Gasteiger partial charge in [0.05, 0.1) is 12.0 Å². The van der Waals surface area contributed by atoms with Gasteiger partial charge < -0.3 is 0 Å². The highest BCUT2D eigenvalue weighted by Gasteiger charge is 2.52. The first-order valence-corrected chi connectivity index (χ1v) is 19.1. The maximum absolute atomic E-state index is 8.31. The Hall–Kier alpha value is -7.74. The quantitative estimate of drug-likeness (QED) is 0.166. The summed E-state index contributed by atoms with van der Waals surface area (Å²) < 4.78 is 0. The molecule has 0 saturated carbocycles. The zero-order valence-electron chi connectivity index (χ0n) is 30.8. The van der Waals surface area contributed by atoms with E-state index in [1.54, 1.807) is 0 Å². The predicted octanol–water partition coefficient (Wildman–Crippen LogP) is 13.1. The van der Waals surface area contributed by atoms with Gasteiger partial charge in [0.25, 0.3) is 0 Å². The Morgan fingerprint density at radius 1 is 0.333 bits per heavy atom. The van der Waals surface area contributed by atoms with Gasteiger partial charge in [-0.2, -0.15) is 0 Å². The fourth-order valence-electron chi connectivity index (χ4n) is 9.18. The van der Waals surface area contributed by atoms with Gasteiger partial charge in [-0.05, 0) is 78.9 Å². The van der Waals surface area contributed by atoms with E-state index in [9.17, 15) is 0 Å². The monoisotopic (exact) mass is 724 g/mol. The summed E-state index contributed by atoms with van der Waals surface area (Å²) in [7, 11) is 0. The average molecular weight is 725 g/mol. The van der Waals surface area contributed by atoms with Crippen molar-refractivity contribution in [2.45, 2.75) is 5.41 Å². The highest BCUT2D eigenvalue weighted by Crippen LogP contribution is 2.64. The molecule has 2 aliphatic carbocycles. The van der Waals surface area contributed by atoms with Crippen molar-refractivity contribution in [1.29, 1.82) is 0 Å². The molecule has 2 aliphatic rings. The van der Waals surface area contributed by atoms with Crippen LogP contribution in [-0.2, 0) is 5.41 Å². The minimum atomic E-state index is -0.529. The van der Waals surface area contributed by atoms with Crippen LogP contribution in [0.2, 0.25) is 0 Å². The molecule has 0 unspecified atom stereocenters. The molecule has 11 rings (SSSR count). The first kappa shape index (κ1) is 32.7. The third-order valence-corrected chi connectivity index (χ3v) is 11.6. The lowest BCUT2D eigenvalue weighted by atomic mass is 9.70. The van der Waals surface area contributed by atoms with Crippen molar-refractivity contribution >= 4 is 5.69 Å². The van der Waals surface area contributed by atoms with Crippen LogP contribution in [0.5, 0.6) is 0 Å². The van der Waals surface area contributed by atoms with Gasteiger partial charge in [-0.25, -0.2) is 19.8 Å². The maximum Gasteiger partial charge on any atom is 0.195 e. The lowest BCUT2D eigenvalue weighted by Gasteiger charge is -2.30. The van der Waals surface area contributed by atoms with E-state index in [1.165, 1.54) is 27.8 Å². The number of benzene rings is 8. The Labute approximate surface area is 331 Å². The molecule has 57 heavy (non-hydrogen) atoms. The largest absolute Gasteiger partial charge is 0.238 e. The normalized spacial score (nSPS) is 12.7. The SMILES string of the molecule is [C-]#[N+]c1cccc2c1-c1cc(-c3ccccc3-c3nc(-c4ccccc4)nc(-c4cccc(-c5ccccc5)c4)n3)ccc1C21c2ccccc2-c2ccccc21. The molecule has 0 atom stereocenters. The van der Waals surface area contributed by atoms with Crippen LogP contribution in [0.15, 0.2) is 194 Å². The third-order valence-electron chi connectivity index (χ3n) is 11.6. The molecule has 9 aromatic rings. The minimum Gasteiger partial charge on any atom is -0.238 e. The zero-order chi connectivity index (χ0) is 37.9. The Kier molecular flexibility index (Phi) is 7.42. The number of rotatable bonds is 5. The van der Waals surface area contributed by atoms with Gasteiger partial charge in [0.2, 0.25) is 0 Å². The molecule has 0 radical (unpaired) electrons. The van der Waals surface area contributed by atoms with Crippen LogP contribution in [0.25, 0.3) is 83.5 Å². The van der Waals surface area contributed by atoms with E-state index in [4.69, 9.17) is 21.5 Å². The van der Waals surface area contributed by atoms with Crippen molar-refractivity contribution in [1.82, 2.24) is 15.0 Å². The second-order valence-electron chi connectivity index (χ2n) is 14.6. The molecule has 1 spiro atoms. The molecule has 4 heteroatoms. The fraction of sp³-hybridized carbons (Fsp3) is 0.0189. The Morgan fingerprint density at radius 3 is 1.54 bits per heavy atom. The fourth-order valence-corrected chi connectivity index (χ4v) is 9.18. The van der Waals surface area contributed by atoms with Crippen LogP contribution in [0.1, 0.15) is 22.3 Å². The van der Waals surface area contributed by atoms with Gasteiger partial charge in [0.1, 0.15) is 0 Å². The van der Waals surface area contributed by atoms with Crippen LogP contribution in [0, 0.1) is 6.57 Å². The van der Waals surface area contributed by atoms with Crippen LogP contribution < -0.4 is 0 Å². The van der Waals surface area contributed by atoms with Crippen LogP contribution in [0.3, 0.4) is 0 Å². The van der Waals surface area contributed by atoms with Crippen molar-refractivity contribution < 1.29 is 0 Å². The molecule has 8 aromatic carbocycles. The summed E-state index contributed by atoms with van der Waals surface area (Å²) >= 11 is 0. The van der Waals surface area contributed by atoms with E-state index in [2.05, 4.69) is 144 Å². The molecular weight excluding hydrogens is 693 g/mol. The summed E-state index contributed by atoms with van der Waals surface area (Å²) in [6, 6.07) is 67.7.